The molecule has 118 valence electrons. The fourth-order valence-electron chi connectivity index (χ4n) is 1.92. The molecule has 2 aromatic rings. The van der Waals surface area contributed by atoms with Crippen LogP contribution >= 0.6 is 0 Å². The second kappa shape index (κ2) is 6.22. The molecule has 0 bridgehead atoms. The van der Waals surface area contributed by atoms with Crippen LogP contribution in [0.4, 0.5) is 0 Å². The number of carbonyl (C=O) groups excluding carboxylic acids is 2. The number of hydrazone groups is 1. The molecule has 1 aliphatic rings. The lowest BCUT2D eigenvalue weighted by Crippen LogP contribution is -2.36. The van der Waals surface area contributed by atoms with E-state index in [1.54, 1.807) is 6.07 Å². The maximum atomic E-state index is 11.9. The highest BCUT2D eigenvalue weighted by Crippen LogP contribution is 2.12. The molecule has 0 unspecified atom stereocenters. The number of rotatable bonds is 4. The van der Waals surface area contributed by atoms with Crippen LogP contribution in [0.2, 0.25) is 0 Å². The van der Waals surface area contributed by atoms with E-state index in [2.05, 4.69) is 31.0 Å². The summed E-state index contributed by atoms with van der Waals surface area (Å²) in [4.78, 5) is 40.7. The fraction of sp³-hybridized carbons (Fsp3) is 0.231. The number of aromatic nitrogens is 3. The minimum Gasteiger partial charge on any atom is -0.342 e. The Kier molecular flexibility index (Phi) is 3.95. The number of H-pyrrole nitrogens is 1. The third-order valence-corrected chi connectivity index (χ3v) is 3.07. The van der Waals surface area contributed by atoms with Crippen LogP contribution in [0.3, 0.4) is 0 Å². The first kappa shape index (κ1) is 14.6. The Hall–Kier alpha value is -3.30. The minimum atomic E-state index is -0.416. The quantitative estimate of drug-likeness (QED) is 0.681. The molecule has 0 radical (unpaired) electrons. The molecule has 0 aromatic carbocycles. The molecule has 2 aromatic heterocycles. The molecule has 2 amide bonds. The zero-order valence-corrected chi connectivity index (χ0v) is 11.8. The van der Waals surface area contributed by atoms with Gasteiger partial charge in [-0.2, -0.15) is 10.1 Å². The van der Waals surface area contributed by atoms with Crippen molar-refractivity contribution in [3.05, 3.63) is 34.6 Å². The van der Waals surface area contributed by atoms with Gasteiger partial charge in [-0.05, 0) is 6.07 Å². The van der Waals surface area contributed by atoms with Crippen molar-refractivity contribution >= 4 is 17.5 Å². The van der Waals surface area contributed by atoms with Gasteiger partial charge < -0.3 is 14.8 Å². The summed E-state index contributed by atoms with van der Waals surface area (Å²) in [5.74, 6) is -0.196. The zero-order chi connectivity index (χ0) is 16.2. The van der Waals surface area contributed by atoms with Crippen molar-refractivity contribution in [1.29, 1.82) is 0 Å². The predicted octanol–water partition coefficient (Wildman–Crippen LogP) is -0.693. The molecular formula is C13H12N6O4. The predicted molar refractivity (Wildman–Crippen MR) is 77.0 cm³/mol. The van der Waals surface area contributed by atoms with Gasteiger partial charge in [0.15, 0.2) is 0 Å². The van der Waals surface area contributed by atoms with Gasteiger partial charge in [-0.3, -0.25) is 14.4 Å². The molecule has 0 atom stereocenters. The van der Waals surface area contributed by atoms with E-state index in [0.29, 0.717) is 5.56 Å². The molecule has 1 aliphatic heterocycles. The number of aromatic amines is 1. The van der Waals surface area contributed by atoms with Crippen molar-refractivity contribution in [2.45, 2.75) is 19.4 Å². The number of pyridine rings is 1. The van der Waals surface area contributed by atoms with Crippen molar-refractivity contribution in [2.75, 3.05) is 0 Å². The van der Waals surface area contributed by atoms with Gasteiger partial charge in [-0.25, -0.2) is 5.43 Å². The molecule has 10 heteroatoms. The summed E-state index contributed by atoms with van der Waals surface area (Å²) in [5.41, 5.74) is 2.71. The third kappa shape index (κ3) is 3.48. The summed E-state index contributed by atoms with van der Waals surface area (Å²) >= 11 is 0. The van der Waals surface area contributed by atoms with E-state index in [0.717, 1.165) is 0 Å². The third-order valence-electron chi connectivity index (χ3n) is 3.07. The molecule has 0 spiro atoms. The van der Waals surface area contributed by atoms with Gasteiger partial charge in [0.2, 0.25) is 23.2 Å². The van der Waals surface area contributed by atoms with E-state index < -0.39 is 5.91 Å². The summed E-state index contributed by atoms with van der Waals surface area (Å²) in [6.07, 6.45) is 1.98. The van der Waals surface area contributed by atoms with Gasteiger partial charge >= 0.3 is 0 Å². The Morgan fingerprint density at radius 2 is 2.22 bits per heavy atom. The van der Waals surface area contributed by atoms with Crippen molar-refractivity contribution in [3.8, 4) is 11.4 Å². The SMILES string of the molecule is O=C1CCC(C(=O)NCc2nc(-c3cc[nH]c(=O)c3)no2)=NN1. The van der Waals surface area contributed by atoms with E-state index in [1.807, 2.05) is 0 Å². The van der Waals surface area contributed by atoms with Crippen molar-refractivity contribution in [1.82, 2.24) is 25.9 Å². The first-order valence-corrected chi connectivity index (χ1v) is 6.77. The van der Waals surface area contributed by atoms with Crippen molar-refractivity contribution < 1.29 is 14.1 Å². The Bertz CT molecular complexity index is 837. The van der Waals surface area contributed by atoms with E-state index >= 15 is 0 Å². The number of nitrogens with one attached hydrogen (secondary N) is 3. The second-order valence-electron chi connectivity index (χ2n) is 4.73. The Morgan fingerprint density at radius 3 is 2.96 bits per heavy atom. The van der Waals surface area contributed by atoms with Gasteiger partial charge in [0.05, 0.1) is 6.54 Å². The van der Waals surface area contributed by atoms with Crippen LogP contribution in [0, 0.1) is 0 Å². The minimum absolute atomic E-state index is 0.0159. The highest BCUT2D eigenvalue weighted by atomic mass is 16.5. The number of hydrogen-bond donors (Lipinski definition) is 3. The lowest BCUT2D eigenvalue weighted by molar-refractivity contribution is -0.121. The van der Waals surface area contributed by atoms with E-state index in [1.165, 1.54) is 12.3 Å². The van der Waals surface area contributed by atoms with Crippen molar-refractivity contribution in [2.24, 2.45) is 5.10 Å². The van der Waals surface area contributed by atoms with Gasteiger partial charge in [0.25, 0.3) is 5.91 Å². The van der Waals surface area contributed by atoms with Crippen LogP contribution < -0.4 is 16.3 Å². The highest BCUT2D eigenvalue weighted by molar-refractivity contribution is 6.39. The summed E-state index contributed by atoms with van der Waals surface area (Å²) in [7, 11) is 0. The average Bonchev–Trinajstić information content (AvgIpc) is 3.02. The molecule has 10 nitrogen and oxygen atoms in total. The number of nitrogens with zero attached hydrogens (tertiary/aromatic N) is 3. The highest BCUT2D eigenvalue weighted by Gasteiger charge is 2.18. The summed E-state index contributed by atoms with van der Waals surface area (Å²) in [5, 5.41) is 10.0. The summed E-state index contributed by atoms with van der Waals surface area (Å²) < 4.78 is 5.02. The van der Waals surface area contributed by atoms with Crippen LogP contribution in [-0.2, 0) is 16.1 Å². The van der Waals surface area contributed by atoms with Crippen LogP contribution in [-0.4, -0.2) is 32.7 Å². The Balaban J connectivity index is 1.62. The maximum absolute atomic E-state index is 11.9. The van der Waals surface area contributed by atoms with Gasteiger partial charge in [-0.1, -0.05) is 5.16 Å². The molecule has 0 saturated heterocycles. The van der Waals surface area contributed by atoms with Gasteiger partial charge in [0, 0.05) is 30.7 Å². The molecule has 0 aliphatic carbocycles. The lowest BCUT2D eigenvalue weighted by Gasteiger charge is -2.10. The van der Waals surface area contributed by atoms with E-state index in [4.69, 9.17) is 4.52 Å². The van der Waals surface area contributed by atoms with Gasteiger partial charge in [-0.15, -0.1) is 0 Å². The largest absolute Gasteiger partial charge is 0.342 e. The lowest BCUT2D eigenvalue weighted by atomic mass is 10.1. The van der Waals surface area contributed by atoms with E-state index in [-0.39, 0.29) is 48.3 Å². The Morgan fingerprint density at radius 1 is 1.35 bits per heavy atom. The number of amides is 2. The summed E-state index contributed by atoms with van der Waals surface area (Å²) in [6, 6.07) is 2.97. The van der Waals surface area contributed by atoms with Crippen LogP contribution in [0.25, 0.3) is 11.4 Å². The molecule has 3 rings (SSSR count). The monoisotopic (exact) mass is 316 g/mol. The van der Waals surface area contributed by atoms with Crippen LogP contribution in [0.15, 0.2) is 32.7 Å². The number of hydrogen-bond acceptors (Lipinski definition) is 7. The summed E-state index contributed by atoms with van der Waals surface area (Å²) in [6.45, 7) is 0.0159. The molecule has 3 heterocycles. The first-order chi connectivity index (χ1) is 11.1. The first-order valence-electron chi connectivity index (χ1n) is 6.77. The van der Waals surface area contributed by atoms with Gasteiger partial charge in [0.1, 0.15) is 5.71 Å². The Labute approximate surface area is 129 Å². The number of carbonyl (C=O) groups is 2. The van der Waals surface area contributed by atoms with E-state index in [9.17, 15) is 14.4 Å². The molecule has 23 heavy (non-hydrogen) atoms. The van der Waals surface area contributed by atoms with Crippen LogP contribution in [0.5, 0.6) is 0 Å². The standard InChI is InChI=1S/C13H12N6O4/c20-9-2-1-8(17-18-9)13(22)15-6-11-16-12(19-23-11)7-3-4-14-10(21)5-7/h3-5H,1-2,6H2,(H,14,21)(H,15,22)(H,18,20). The maximum Gasteiger partial charge on any atom is 0.267 e. The van der Waals surface area contributed by atoms with Crippen LogP contribution in [0.1, 0.15) is 18.7 Å². The average molecular weight is 316 g/mol. The smallest absolute Gasteiger partial charge is 0.267 e. The molecular weight excluding hydrogens is 304 g/mol. The molecule has 0 saturated carbocycles. The fourth-order valence-corrected chi connectivity index (χ4v) is 1.92. The normalized spacial score (nSPS) is 14.1. The topological polar surface area (TPSA) is 142 Å². The zero-order valence-electron chi connectivity index (χ0n) is 11.8. The molecule has 0 fully saturated rings. The van der Waals surface area contributed by atoms with Crippen molar-refractivity contribution in [3.63, 3.8) is 0 Å². The molecule has 3 N–H and O–H groups in total. The second-order valence-corrected chi connectivity index (χ2v) is 4.73.